The zero-order chi connectivity index (χ0) is 13.9. The van der Waals surface area contributed by atoms with Crippen molar-refractivity contribution in [3.05, 3.63) is 18.2 Å². The van der Waals surface area contributed by atoms with Gasteiger partial charge in [-0.2, -0.15) is 0 Å². The van der Waals surface area contributed by atoms with Gasteiger partial charge >= 0.3 is 0 Å². The summed E-state index contributed by atoms with van der Waals surface area (Å²) in [7, 11) is -1.96. The van der Waals surface area contributed by atoms with Crippen LogP contribution in [-0.4, -0.2) is 33.2 Å². The molecule has 7 heteroatoms. The van der Waals surface area contributed by atoms with Crippen molar-refractivity contribution < 1.29 is 13.5 Å². The predicted octanol–water partition coefficient (Wildman–Crippen LogP) is 0.123. The van der Waals surface area contributed by atoms with Crippen molar-refractivity contribution in [2.75, 3.05) is 24.2 Å². The fraction of sp³-hybridized carbons (Fsp3) is 0.455. The van der Waals surface area contributed by atoms with Gasteiger partial charge in [-0.1, -0.05) is 0 Å². The smallest absolute Gasteiger partial charge is 0.238 e. The molecule has 0 amide bonds. The summed E-state index contributed by atoms with van der Waals surface area (Å²) >= 11 is 0. The van der Waals surface area contributed by atoms with E-state index in [0.717, 1.165) is 0 Å². The molecule has 5 N–H and O–H groups in total. The lowest BCUT2D eigenvalue weighted by Gasteiger charge is -2.22. The molecule has 0 radical (unpaired) electrons. The summed E-state index contributed by atoms with van der Waals surface area (Å²) in [6.07, 6.45) is 0.144. The second-order valence-electron chi connectivity index (χ2n) is 4.32. The van der Waals surface area contributed by atoms with Crippen LogP contribution in [0.15, 0.2) is 23.1 Å². The Morgan fingerprint density at radius 1 is 1.44 bits per heavy atom. The number of rotatable bonds is 5. The van der Waals surface area contributed by atoms with Crippen LogP contribution < -0.4 is 15.8 Å². The van der Waals surface area contributed by atoms with Gasteiger partial charge in [0.15, 0.2) is 0 Å². The molecule has 0 bridgehead atoms. The second-order valence-corrected chi connectivity index (χ2v) is 5.89. The van der Waals surface area contributed by atoms with E-state index >= 15 is 0 Å². The minimum absolute atomic E-state index is 0.0237. The van der Waals surface area contributed by atoms with Crippen LogP contribution >= 0.6 is 0 Å². The monoisotopic (exact) mass is 273 g/mol. The third-order valence-electron chi connectivity index (χ3n) is 2.62. The number of anilines is 2. The van der Waals surface area contributed by atoms with Crippen LogP contribution in [0.2, 0.25) is 0 Å². The third-order valence-corrected chi connectivity index (χ3v) is 3.53. The summed E-state index contributed by atoms with van der Waals surface area (Å²) in [6.45, 7) is 2.26. The van der Waals surface area contributed by atoms with E-state index in [1.54, 1.807) is 18.9 Å². The zero-order valence-electron chi connectivity index (χ0n) is 10.5. The Kier molecular flexibility index (Phi) is 4.55. The quantitative estimate of drug-likeness (QED) is 0.660. The molecule has 0 saturated carbocycles. The van der Waals surface area contributed by atoms with Gasteiger partial charge in [0, 0.05) is 13.6 Å². The molecule has 1 unspecified atom stereocenters. The van der Waals surface area contributed by atoms with Crippen LogP contribution in [0, 0.1) is 0 Å². The SMILES string of the molecule is CC(O)CCN(C)c1cc(S(N)(=O)=O)ccc1N. The number of primary sulfonamides is 1. The van der Waals surface area contributed by atoms with Crippen molar-refractivity contribution in [2.24, 2.45) is 5.14 Å². The molecule has 18 heavy (non-hydrogen) atoms. The number of benzene rings is 1. The fourth-order valence-corrected chi connectivity index (χ4v) is 2.07. The molecule has 0 fully saturated rings. The molecular formula is C11H19N3O3S. The number of nitrogens with two attached hydrogens (primary N) is 2. The van der Waals surface area contributed by atoms with E-state index < -0.39 is 16.1 Å². The van der Waals surface area contributed by atoms with Crippen LogP contribution in [0.5, 0.6) is 0 Å². The summed E-state index contributed by atoms with van der Waals surface area (Å²) in [5.41, 5.74) is 6.85. The lowest BCUT2D eigenvalue weighted by molar-refractivity contribution is 0.187. The number of aliphatic hydroxyl groups excluding tert-OH is 1. The fourth-order valence-electron chi connectivity index (χ4n) is 1.53. The van der Waals surface area contributed by atoms with Crippen molar-refractivity contribution in [3.8, 4) is 0 Å². The zero-order valence-corrected chi connectivity index (χ0v) is 11.3. The Bertz CT molecular complexity index is 514. The molecule has 1 aromatic carbocycles. The molecule has 0 spiro atoms. The van der Waals surface area contributed by atoms with Gasteiger partial charge in [-0.15, -0.1) is 0 Å². The summed E-state index contributed by atoms with van der Waals surface area (Å²) < 4.78 is 22.5. The first kappa shape index (κ1) is 14.7. The van der Waals surface area contributed by atoms with Crippen molar-refractivity contribution in [1.29, 1.82) is 0 Å². The number of nitrogen functional groups attached to an aromatic ring is 1. The van der Waals surface area contributed by atoms with Gasteiger partial charge in [-0.05, 0) is 31.5 Å². The maximum atomic E-state index is 11.3. The largest absolute Gasteiger partial charge is 0.397 e. The average Bonchev–Trinajstić information content (AvgIpc) is 2.24. The van der Waals surface area contributed by atoms with Gasteiger partial charge in [0.25, 0.3) is 0 Å². The molecule has 1 rings (SSSR count). The van der Waals surface area contributed by atoms with Gasteiger partial charge in [0.1, 0.15) is 0 Å². The third kappa shape index (κ3) is 3.86. The topological polar surface area (TPSA) is 110 Å². The highest BCUT2D eigenvalue weighted by molar-refractivity contribution is 7.89. The summed E-state index contributed by atoms with van der Waals surface area (Å²) in [5.74, 6) is 0. The van der Waals surface area contributed by atoms with Crippen LogP contribution in [-0.2, 0) is 10.0 Å². The van der Waals surface area contributed by atoms with Crippen LogP contribution in [0.1, 0.15) is 13.3 Å². The normalized spacial score (nSPS) is 13.3. The number of sulfonamides is 1. The maximum Gasteiger partial charge on any atom is 0.238 e. The molecule has 0 saturated heterocycles. The van der Waals surface area contributed by atoms with Crippen molar-refractivity contribution in [3.63, 3.8) is 0 Å². The second kappa shape index (κ2) is 5.55. The Balaban J connectivity index is 3.01. The van der Waals surface area contributed by atoms with Gasteiger partial charge in [0.05, 0.1) is 22.4 Å². The molecular weight excluding hydrogens is 254 g/mol. The molecule has 0 aliphatic rings. The molecule has 0 heterocycles. The molecule has 6 nitrogen and oxygen atoms in total. The summed E-state index contributed by atoms with van der Waals surface area (Å²) in [5, 5.41) is 14.3. The summed E-state index contributed by atoms with van der Waals surface area (Å²) in [6, 6.07) is 4.32. The van der Waals surface area contributed by atoms with E-state index in [9.17, 15) is 13.5 Å². The lowest BCUT2D eigenvalue weighted by atomic mass is 10.2. The van der Waals surface area contributed by atoms with Crippen LogP contribution in [0.4, 0.5) is 11.4 Å². The Morgan fingerprint density at radius 2 is 2.06 bits per heavy atom. The Labute approximate surface area is 107 Å². The molecule has 1 aromatic rings. The van der Waals surface area contributed by atoms with E-state index in [1.165, 1.54) is 18.2 Å². The Morgan fingerprint density at radius 3 is 2.56 bits per heavy atom. The standard InChI is InChI=1S/C11H19N3O3S/c1-8(15)5-6-14(2)11-7-9(18(13,16)17)3-4-10(11)12/h3-4,7-8,15H,5-6,12H2,1-2H3,(H2,13,16,17). The maximum absolute atomic E-state index is 11.3. The molecule has 0 aliphatic carbocycles. The molecule has 1 atom stereocenters. The van der Waals surface area contributed by atoms with Crippen molar-refractivity contribution >= 4 is 21.4 Å². The molecule has 0 aromatic heterocycles. The highest BCUT2D eigenvalue weighted by atomic mass is 32.2. The molecule has 0 aliphatic heterocycles. The van der Waals surface area contributed by atoms with Gasteiger partial charge in [0.2, 0.25) is 10.0 Å². The highest BCUT2D eigenvalue weighted by Crippen LogP contribution is 2.25. The van der Waals surface area contributed by atoms with E-state index in [4.69, 9.17) is 10.9 Å². The minimum atomic E-state index is -3.74. The first-order valence-electron chi connectivity index (χ1n) is 5.53. The highest BCUT2D eigenvalue weighted by Gasteiger charge is 2.13. The van der Waals surface area contributed by atoms with E-state index in [1.807, 2.05) is 0 Å². The number of hydrogen-bond donors (Lipinski definition) is 3. The van der Waals surface area contributed by atoms with Crippen LogP contribution in [0.3, 0.4) is 0 Å². The van der Waals surface area contributed by atoms with Gasteiger partial charge in [-0.3, -0.25) is 0 Å². The lowest BCUT2D eigenvalue weighted by Crippen LogP contribution is -2.23. The van der Waals surface area contributed by atoms with E-state index in [-0.39, 0.29) is 4.90 Å². The van der Waals surface area contributed by atoms with Gasteiger partial charge in [-0.25, -0.2) is 13.6 Å². The first-order valence-corrected chi connectivity index (χ1v) is 7.08. The first-order chi connectivity index (χ1) is 8.21. The average molecular weight is 273 g/mol. The Hall–Kier alpha value is -1.31. The van der Waals surface area contributed by atoms with Gasteiger partial charge < -0.3 is 15.7 Å². The number of hydrogen-bond acceptors (Lipinski definition) is 5. The minimum Gasteiger partial charge on any atom is -0.397 e. The van der Waals surface area contributed by atoms with E-state index in [0.29, 0.717) is 24.3 Å². The van der Waals surface area contributed by atoms with Crippen molar-refractivity contribution in [2.45, 2.75) is 24.3 Å². The summed E-state index contributed by atoms with van der Waals surface area (Å²) in [4.78, 5) is 1.81. The molecule has 102 valence electrons. The number of aliphatic hydroxyl groups is 1. The number of nitrogens with zero attached hydrogens (tertiary/aromatic N) is 1. The van der Waals surface area contributed by atoms with Crippen molar-refractivity contribution in [1.82, 2.24) is 0 Å². The predicted molar refractivity (Wildman–Crippen MR) is 71.8 cm³/mol. The van der Waals surface area contributed by atoms with E-state index in [2.05, 4.69) is 0 Å². The van der Waals surface area contributed by atoms with Crippen LogP contribution in [0.25, 0.3) is 0 Å².